The number of methoxy groups -OCH3 is 1. The van der Waals surface area contributed by atoms with Crippen molar-refractivity contribution in [3.63, 3.8) is 0 Å². The number of hydrogen-bond donors (Lipinski definition) is 2. The van der Waals surface area contributed by atoms with Crippen LogP contribution in [0.4, 0.5) is 5.82 Å². The first-order valence-electron chi connectivity index (χ1n) is 6.75. The van der Waals surface area contributed by atoms with Crippen molar-refractivity contribution >= 4 is 16.7 Å². The monoisotopic (exact) mass is 274 g/mol. The first-order chi connectivity index (χ1) is 9.76. The first-order valence-corrected chi connectivity index (χ1v) is 6.75. The molecular weight excluding hydrogens is 256 g/mol. The summed E-state index contributed by atoms with van der Waals surface area (Å²) in [6, 6.07) is 5.97. The highest BCUT2D eigenvalue weighted by molar-refractivity contribution is 5.89. The van der Waals surface area contributed by atoms with Crippen LogP contribution < -0.4 is 20.5 Å². The maximum atomic E-state index is 5.99. The predicted molar refractivity (Wildman–Crippen MR) is 77.0 cm³/mol. The number of fused-ring (bicyclic) bond motifs is 1. The van der Waals surface area contributed by atoms with Gasteiger partial charge in [0.15, 0.2) is 0 Å². The number of piperidine rings is 1. The molecule has 1 saturated heterocycles. The third-order valence-electron chi connectivity index (χ3n) is 3.45. The molecule has 2 heterocycles. The summed E-state index contributed by atoms with van der Waals surface area (Å²) in [6.45, 7) is 2.00. The number of hydrogen-bond acceptors (Lipinski definition) is 6. The zero-order valence-corrected chi connectivity index (χ0v) is 11.4. The molecular formula is C14H18N4O2. The number of aromatic nitrogens is 2. The van der Waals surface area contributed by atoms with Crippen LogP contribution in [-0.4, -0.2) is 36.3 Å². The second-order valence-electron chi connectivity index (χ2n) is 4.84. The Balaban J connectivity index is 1.88. The maximum absolute atomic E-state index is 5.99. The van der Waals surface area contributed by atoms with E-state index in [1.54, 1.807) is 0 Å². The number of benzene rings is 1. The number of anilines is 1. The van der Waals surface area contributed by atoms with Crippen LogP contribution in [0.3, 0.4) is 0 Å². The largest absolute Gasteiger partial charge is 0.490 e. The Labute approximate surface area is 117 Å². The van der Waals surface area contributed by atoms with Crippen molar-refractivity contribution in [3.8, 4) is 11.8 Å². The van der Waals surface area contributed by atoms with Gasteiger partial charge >= 0.3 is 6.01 Å². The van der Waals surface area contributed by atoms with E-state index in [1.165, 1.54) is 7.11 Å². The second-order valence-corrected chi connectivity index (χ2v) is 4.84. The quantitative estimate of drug-likeness (QED) is 0.879. The van der Waals surface area contributed by atoms with Crippen molar-refractivity contribution < 1.29 is 9.47 Å². The number of nitrogen functional groups attached to an aromatic ring is 1. The molecule has 3 rings (SSSR count). The average molecular weight is 274 g/mol. The molecule has 2 aromatic rings. The highest BCUT2D eigenvalue weighted by Crippen LogP contribution is 2.26. The van der Waals surface area contributed by atoms with Gasteiger partial charge in [0.1, 0.15) is 17.7 Å². The molecule has 20 heavy (non-hydrogen) atoms. The van der Waals surface area contributed by atoms with Crippen LogP contribution in [0.15, 0.2) is 18.2 Å². The Morgan fingerprint density at radius 2 is 2.05 bits per heavy atom. The van der Waals surface area contributed by atoms with Crippen LogP contribution in [-0.2, 0) is 0 Å². The van der Waals surface area contributed by atoms with Gasteiger partial charge in [-0.3, -0.25) is 0 Å². The van der Waals surface area contributed by atoms with Gasteiger partial charge in [-0.15, -0.1) is 0 Å². The summed E-state index contributed by atoms with van der Waals surface area (Å²) < 4.78 is 11.0. The third kappa shape index (κ3) is 2.60. The van der Waals surface area contributed by atoms with Gasteiger partial charge in [0.25, 0.3) is 0 Å². The summed E-state index contributed by atoms with van der Waals surface area (Å²) in [5, 5.41) is 4.11. The number of nitrogens with two attached hydrogens (primary N) is 1. The Morgan fingerprint density at radius 3 is 2.80 bits per heavy atom. The van der Waals surface area contributed by atoms with Crippen molar-refractivity contribution in [1.82, 2.24) is 15.3 Å². The van der Waals surface area contributed by atoms with Gasteiger partial charge in [0.2, 0.25) is 0 Å². The molecule has 106 valence electrons. The SMILES string of the molecule is COc1nc(N)c2cc(OC3CCNCC3)ccc2n1. The van der Waals surface area contributed by atoms with Crippen LogP contribution in [0.1, 0.15) is 12.8 Å². The van der Waals surface area contributed by atoms with E-state index < -0.39 is 0 Å². The normalized spacial score (nSPS) is 16.2. The van der Waals surface area contributed by atoms with E-state index in [0.29, 0.717) is 5.82 Å². The number of rotatable bonds is 3. The molecule has 0 radical (unpaired) electrons. The van der Waals surface area contributed by atoms with E-state index in [2.05, 4.69) is 15.3 Å². The molecule has 0 unspecified atom stereocenters. The Kier molecular flexibility index (Phi) is 3.56. The Hall–Kier alpha value is -2.08. The van der Waals surface area contributed by atoms with Crippen molar-refractivity contribution in [3.05, 3.63) is 18.2 Å². The Morgan fingerprint density at radius 1 is 1.25 bits per heavy atom. The number of nitrogens with zero attached hydrogens (tertiary/aromatic N) is 2. The minimum Gasteiger partial charge on any atom is -0.490 e. The second kappa shape index (κ2) is 5.50. The minimum absolute atomic E-state index is 0.258. The van der Waals surface area contributed by atoms with Gasteiger partial charge < -0.3 is 20.5 Å². The Bertz CT molecular complexity index is 611. The lowest BCUT2D eigenvalue weighted by molar-refractivity contribution is 0.162. The van der Waals surface area contributed by atoms with Gasteiger partial charge in [-0.1, -0.05) is 0 Å². The maximum Gasteiger partial charge on any atom is 0.318 e. The van der Waals surface area contributed by atoms with E-state index in [-0.39, 0.29) is 12.1 Å². The molecule has 6 nitrogen and oxygen atoms in total. The summed E-state index contributed by atoms with van der Waals surface area (Å²) in [4.78, 5) is 8.35. The van der Waals surface area contributed by atoms with Crippen molar-refractivity contribution in [2.75, 3.05) is 25.9 Å². The van der Waals surface area contributed by atoms with E-state index in [0.717, 1.165) is 42.6 Å². The lowest BCUT2D eigenvalue weighted by atomic mass is 10.1. The zero-order chi connectivity index (χ0) is 13.9. The van der Waals surface area contributed by atoms with E-state index in [9.17, 15) is 0 Å². The van der Waals surface area contributed by atoms with Gasteiger partial charge in [-0.25, -0.2) is 0 Å². The molecule has 0 amide bonds. The molecule has 0 spiro atoms. The summed E-state index contributed by atoms with van der Waals surface area (Å²) >= 11 is 0. The summed E-state index contributed by atoms with van der Waals surface area (Å²) in [5.41, 5.74) is 6.69. The van der Waals surface area contributed by atoms with Crippen molar-refractivity contribution in [2.24, 2.45) is 0 Å². The van der Waals surface area contributed by atoms with Crippen LogP contribution in [0, 0.1) is 0 Å². The fourth-order valence-electron chi connectivity index (χ4n) is 2.38. The molecule has 1 aliphatic rings. The zero-order valence-electron chi connectivity index (χ0n) is 11.4. The molecule has 1 aliphatic heterocycles. The highest BCUT2D eigenvalue weighted by atomic mass is 16.5. The first kappa shape index (κ1) is 12.9. The average Bonchev–Trinajstić information content (AvgIpc) is 2.48. The lowest BCUT2D eigenvalue weighted by Crippen LogP contribution is -2.34. The molecule has 1 aromatic heterocycles. The van der Waals surface area contributed by atoms with Crippen molar-refractivity contribution in [2.45, 2.75) is 18.9 Å². The fraction of sp³-hybridized carbons (Fsp3) is 0.429. The van der Waals surface area contributed by atoms with Gasteiger partial charge in [0.05, 0.1) is 12.6 Å². The molecule has 1 fully saturated rings. The summed E-state index contributed by atoms with van der Waals surface area (Å²) in [6.07, 6.45) is 2.30. The van der Waals surface area contributed by atoms with Gasteiger partial charge in [0, 0.05) is 5.39 Å². The minimum atomic E-state index is 0.258. The standard InChI is InChI=1S/C14H18N4O2/c1-19-14-17-12-3-2-10(8-11(12)13(15)18-14)20-9-4-6-16-7-5-9/h2-3,8-9,16H,4-7H2,1H3,(H2,15,17,18). The molecule has 1 aromatic carbocycles. The topological polar surface area (TPSA) is 82.3 Å². The van der Waals surface area contributed by atoms with Gasteiger partial charge in [-0.05, 0) is 44.1 Å². The smallest absolute Gasteiger partial charge is 0.318 e. The number of ether oxygens (including phenoxy) is 2. The van der Waals surface area contributed by atoms with E-state index in [4.69, 9.17) is 15.2 Å². The van der Waals surface area contributed by atoms with E-state index in [1.807, 2.05) is 18.2 Å². The molecule has 6 heteroatoms. The van der Waals surface area contributed by atoms with Gasteiger partial charge in [-0.2, -0.15) is 9.97 Å². The summed E-state index contributed by atoms with van der Waals surface area (Å²) in [5.74, 6) is 1.22. The van der Waals surface area contributed by atoms with Crippen LogP contribution in [0.25, 0.3) is 10.9 Å². The fourth-order valence-corrected chi connectivity index (χ4v) is 2.38. The summed E-state index contributed by atoms with van der Waals surface area (Å²) in [7, 11) is 1.52. The van der Waals surface area contributed by atoms with E-state index >= 15 is 0 Å². The van der Waals surface area contributed by atoms with Crippen LogP contribution in [0.2, 0.25) is 0 Å². The van der Waals surface area contributed by atoms with Crippen LogP contribution >= 0.6 is 0 Å². The molecule has 0 aliphatic carbocycles. The molecule has 0 bridgehead atoms. The lowest BCUT2D eigenvalue weighted by Gasteiger charge is -2.24. The molecule has 3 N–H and O–H groups in total. The molecule has 0 atom stereocenters. The van der Waals surface area contributed by atoms with Crippen molar-refractivity contribution in [1.29, 1.82) is 0 Å². The molecule has 0 saturated carbocycles. The third-order valence-corrected chi connectivity index (χ3v) is 3.45. The number of nitrogens with one attached hydrogen (secondary N) is 1. The van der Waals surface area contributed by atoms with Crippen LogP contribution in [0.5, 0.6) is 11.8 Å². The predicted octanol–water partition coefficient (Wildman–Crippen LogP) is 1.35. The highest BCUT2D eigenvalue weighted by Gasteiger charge is 2.15.